The first-order valence-electron chi connectivity index (χ1n) is 10.8. The first kappa shape index (κ1) is 21.9. The Kier molecular flexibility index (Phi) is 7.37. The van der Waals surface area contributed by atoms with Gasteiger partial charge in [-0.2, -0.15) is 5.10 Å². The Morgan fingerprint density at radius 1 is 1.16 bits per heavy atom. The van der Waals surface area contributed by atoms with Crippen molar-refractivity contribution < 1.29 is 9.84 Å². The zero-order valence-electron chi connectivity index (χ0n) is 18.2. The van der Waals surface area contributed by atoms with E-state index in [0.29, 0.717) is 43.4 Å². The largest absolute Gasteiger partial charge is 0.387 e. The summed E-state index contributed by atoms with van der Waals surface area (Å²) in [5, 5.41) is 14.8. The smallest absolute Gasteiger partial charge is 0.152 e. The number of anilines is 2. The fourth-order valence-electron chi connectivity index (χ4n) is 3.52. The van der Waals surface area contributed by atoms with Crippen molar-refractivity contribution in [3.05, 3.63) is 77.4 Å². The molecule has 3 aromatic rings. The van der Waals surface area contributed by atoms with Gasteiger partial charge in [-0.05, 0) is 31.0 Å². The SMILES string of the molecule is Cc1cccc(/C=N/Nc2cc(N3CCOCC3)nc(CCC(O)c3ccccn3)n2)c1. The average molecular weight is 433 g/mol. The van der Waals surface area contributed by atoms with E-state index in [0.717, 1.165) is 24.5 Å². The first-order chi connectivity index (χ1) is 15.7. The number of nitrogens with one attached hydrogen (secondary N) is 1. The normalized spacial score (nSPS) is 15.1. The lowest BCUT2D eigenvalue weighted by molar-refractivity contribution is 0.122. The lowest BCUT2D eigenvalue weighted by Gasteiger charge is -2.28. The quantitative estimate of drug-likeness (QED) is 0.417. The third-order valence-corrected chi connectivity index (χ3v) is 5.20. The van der Waals surface area contributed by atoms with Crippen molar-refractivity contribution in [2.45, 2.75) is 25.9 Å². The average Bonchev–Trinajstić information content (AvgIpc) is 2.83. The molecule has 8 nitrogen and oxygen atoms in total. The number of ether oxygens (including phenoxy) is 1. The van der Waals surface area contributed by atoms with Crippen molar-refractivity contribution in [2.24, 2.45) is 5.10 Å². The number of rotatable bonds is 8. The molecule has 3 heterocycles. The van der Waals surface area contributed by atoms with Crippen LogP contribution < -0.4 is 10.3 Å². The molecule has 2 N–H and O–H groups in total. The number of aromatic nitrogens is 3. The lowest BCUT2D eigenvalue weighted by Crippen LogP contribution is -2.37. The van der Waals surface area contributed by atoms with Crippen LogP contribution in [0.1, 0.15) is 35.2 Å². The summed E-state index contributed by atoms with van der Waals surface area (Å²) in [4.78, 5) is 15.8. The van der Waals surface area contributed by atoms with Crippen LogP contribution in [0.2, 0.25) is 0 Å². The van der Waals surface area contributed by atoms with Gasteiger partial charge in [0, 0.05) is 31.8 Å². The van der Waals surface area contributed by atoms with Crippen molar-refractivity contribution in [2.75, 3.05) is 36.6 Å². The fourth-order valence-corrected chi connectivity index (χ4v) is 3.52. The van der Waals surface area contributed by atoms with E-state index in [1.165, 1.54) is 5.56 Å². The van der Waals surface area contributed by atoms with Gasteiger partial charge in [0.1, 0.15) is 11.6 Å². The molecule has 1 atom stereocenters. The highest BCUT2D eigenvalue weighted by Crippen LogP contribution is 2.21. The van der Waals surface area contributed by atoms with Crippen molar-refractivity contribution in [3.63, 3.8) is 0 Å². The molecule has 1 aliphatic heterocycles. The highest BCUT2D eigenvalue weighted by atomic mass is 16.5. The molecule has 166 valence electrons. The fraction of sp³-hybridized carbons (Fsp3) is 0.333. The van der Waals surface area contributed by atoms with Crippen LogP contribution in [0.25, 0.3) is 0 Å². The van der Waals surface area contributed by atoms with Crippen molar-refractivity contribution in [1.29, 1.82) is 0 Å². The molecule has 1 saturated heterocycles. The Labute approximate surface area is 188 Å². The summed E-state index contributed by atoms with van der Waals surface area (Å²) < 4.78 is 5.47. The maximum Gasteiger partial charge on any atom is 0.152 e. The second-order valence-electron chi connectivity index (χ2n) is 7.72. The topological polar surface area (TPSA) is 95.8 Å². The van der Waals surface area contributed by atoms with Crippen LogP contribution in [-0.4, -0.2) is 52.6 Å². The van der Waals surface area contributed by atoms with E-state index in [-0.39, 0.29) is 0 Å². The highest BCUT2D eigenvalue weighted by molar-refractivity contribution is 5.80. The molecule has 1 aromatic carbocycles. The molecule has 2 aromatic heterocycles. The summed E-state index contributed by atoms with van der Waals surface area (Å²) in [5.41, 5.74) is 5.88. The Morgan fingerprint density at radius 2 is 2.03 bits per heavy atom. The van der Waals surface area contributed by atoms with E-state index in [4.69, 9.17) is 9.72 Å². The van der Waals surface area contributed by atoms with Crippen LogP contribution in [0, 0.1) is 6.92 Å². The number of hydrogen-bond donors (Lipinski definition) is 2. The Bertz CT molecular complexity index is 1040. The molecular formula is C24H28N6O2. The maximum atomic E-state index is 10.5. The van der Waals surface area contributed by atoms with Crippen molar-refractivity contribution in [3.8, 4) is 0 Å². The predicted molar refractivity (Wildman–Crippen MR) is 125 cm³/mol. The third kappa shape index (κ3) is 6.09. The van der Waals surface area contributed by atoms with Crippen LogP contribution in [0.3, 0.4) is 0 Å². The van der Waals surface area contributed by atoms with Crippen LogP contribution in [0.5, 0.6) is 0 Å². The van der Waals surface area contributed by atoms with Gasteiger partial charge >= 0.3 is 0 Å². The standard InChI is InChI=1S/C24H28N6O2/c1-18-5-4-6-19(15-18)17-26-29-23-16-24(30-11-13-32-14-12-30)28-22(27-23)9-8-21(31)20-7-2-3-10-25-20/h2-7,10,15-17,21,31H,8-9,11-14H2,1H3,(H,27,28,29)/b26-17+. The number of benzene rings is 1. The Hall–Kier alpha value is -3.36. The number of hydrazone groups is 1. The number of pyridine rings is 1. The van der Waals surface area contributed by atoms with Gasteiger partial charge < -0.3 is 14.7 Å². The van der Waals surface area contributed by atoms with Crippen LogP contribution >= 0.6 is 0 Å². The van der Waals surface area contributed by atoms with E-state index >= 15 is 0 Å². The van der Waals surface area contributed by atoms with Crippen molar-refractivity contribution in [1.82, 2.24) is 15.0 Å². The zero-order valence-corrected chi connectivity index (χ0v) is 18.2. The van der Waals surface area contributed by atoms with Crippen molar-refractivity contribution >= 4 is 17.9 Å². The van der Waals surface area contributed by atoms with Gasteiger partial charge in [-0.25, -0.2) is 9.97 Å². The molecule has 0 aliphatic carbocycles. The maximum absolute atomic E-state index is 10.5. The van der Waals surface area contributed by atoms with Gasteiger partial charge in [-0.3, -0.25) is 10.4 Å². The number of aliphatic hydroxyl groups excluding tert-OH is 1. The molecule has 0 spiro atoms. The molecule has 1 fully saturated rings. The monoisotopic (exact) mass is 432 g/mol. The summed E-state index contributed by atoms with van der Waals surface area (Å²) >= 11 is 0. The number of aliphatic hydroxyl groups is 1. The van der Waals surface area contributed by atoms with Gasteiger partial charge in [-0.15, -0.1) is 0 Å². The van der Waals surface area contributed by atoms with Gasteiger partial charge in [0.15, 0.2) is 5.82 Å². The molecular weight excluding hydrogens is 404 g/mol. The summed E-state index contributed by atoms with van der Waals surface area (Å²) in [6, 6.07) is 15.5. The molecule has 1 unspecified atom stereocenters. The van der Waals surface area contributed by atoms with E-state index in [9.17, 15) is 5.11 Å². The number of aryl methyl sites for hydroxylation is 2. The predicted octanol–water partition coefficient (Wildman–Crippen LogP) is 3.13. The van der Waals surface area contributed by atoms with Crippen LogP contribution in [0.15, 0.2) is 59.8 Å². The van der Waals surface area contributed by atoms with Gasteiger partial charge in [0.25, 0.3) is 0 Å². The number of nitrogens with zero attached hydrogens (tertiary/aromatic N) is 5. The summed E-state index contributed by atoms with van der Waals surface area (Å²) in [6.45, 7) is 4.95. The van der Waals surface area contributed by atoms with Gasteiger partial charge in [0.2, 0.25) is 0 Å². The second-order valence-corrected chi connectivity index (χ2v) is 7.72. The minimum atomic E-state index is -0.664. The van der Waals surface area contributed by atoms with Gasteiger partial charge in [-0.1, -0.05) is 35.9 Å². The number of morpholine rings is 1. The zero-order chi connectivity index (χ0) is 22.2. The molecule has 0 radical (unpaired) electrons. The second kappa shape index (κ2) is 10.8. The lowest BCUT2D eigenvalue weighted by atomic mass is 10.1. The minimum Gasteiger partial charge on any atom is -0.387 e. The molecule has 32 heavy (non-hydrogen) atoms. The molecule has 8 heteroatoms. The van der Waals surface area contributed by atoms with E-state index in [1.807, 2.05) is 36.4 Å². The summed E-state index contributed by atoms with van der Waals surface area (Å²) in [5.74, 6) is 2.10. The van der Waals surface area contributed by atoms with Crippen LogP contribution in [-0.2, 0) is 11.2 Å². The minimum absolute atomic E-state index is 0.482. The van der Waals surface area contributed by atoms with Gasteiger partial charge in [0.05, 0.1) is 31.2 Å². The molecule has 4 rings (SSSR count). The van der Waals surface area contributed by atoms with Crippen LogP contribution in [0.4, 0.5) is 11.6 Å². The summed E-state index contributed by atoms with van der Waals surface area (Å²) in [6.07, 6.45) is 3.79. The van der Waals surface area contributed by atoms with E-state index in [1.54, 1.807) is 12.4 Å². The molecule has 0 amide bonds. The Balaban J connectivity index is 1.49. The first-order valence-corrected chi connectivity index (χ1v) is 10.8. The Morgan fingerprint density at radius 3 is 2.81 bits per heavy atom. The molecule has 1 aliphatic rings. The third-order valence-electron chi connectivity index (χ3n) is 5.20. The van der Waals surface area contributed by atoms with E-state index < -0.39 is 6.10 Å². The molecule has 0 bridgehead atoms. The summed E-state index contributed by atoms with van der Waals surface area (Å²) in [7, 11) is 0. The highest BCUT2D eigenvalue weighted by Gasteiger charge is 2.16. The number of hydrogen-bond acceptors (Lipinski definition) is 8. The van der Waals surface area contributed by atoms with E-state index in [2.05, 4.69) is 44.5 Å². The molecule has 0 saturated carbocycles.